The van der Waals surface area contributed by atoms with Crippen molar-refractivity contribution in [2.45, 2.75) is 18.4 Å². The van der Waals surface area contributed by atoms with Gasteiger partial charge in [0.2, 0.25) is 5.88 Å². The standard InChI is InChI=1S/C9H12BrNO3S/c1-3-6-15(12,13)8-5-4-7(10)9(11-8)14-2/h4-5H,3,6H2,1-2H3. The normalized spacial score (nSPS) is 11.4. The van der Waals surface area contributed by atoms with Gasteiger partial charge in [-0.05, 0) is 34.5 Å². The average Bonchev–Trinajstić information content (AvgIpc) is 2.18. The first-order chi connectivity index (χ1) is 7.01. The maximum absolute atomic E-state index is 11.7. The lowest BCUT2D eigenvalue weighted by Gasteiger charge is -2.05. The molecule has 1 heterocycles. The second-order valence-corrected chi connectivity index (χ2v) is 5.87. The molecule has 0 bridgehead atoms. The van der Waals surface area contributed by atoms with Crippen LogP contribution in [0.25, 0.3) is 0 Å². The van der Waals surface area contributed by atoms with Gasteiger partial charge in [0.15, 0.2) is 14.9 Å². The van der Waals surface area contributed by atoms with Crippen molar-refractivity contribution < 1.29 is 13.2 Å². The number of nitrogens with zero attached hydrogens (tertiary/aromatic N) is 1. The molecule has 0 fully saturated rings. The first-order valence-corrected chi connectivity index (χ1v) is 6.89. The molecule has 1 aromatic heterocycles. The fourth-order valence-electron chi connectivity index (χ4n) is 1.10. The Balaban J connectivity index is 3.17. The highest BCUT2D eigenvalue weighted by atomic mass is 79.9. The van der Waals surface area contributed by atoms with Crippen molar-refractivity contribution in [3.05, 3.63) is 16.6 Å². The summed E-state index contributed by atoms with van der Waals surface area (Å²) in [5.74, 6) is 0.386. The van der Waals surface area contributed by atoms with Crippen LogP contribution in [0.4, 0.5) is 0 Å². The molecule has 0 spiro atoms. The maximum atomic E-state index is 11.7. The van der Waals surface area contributed by atoms with Crippen LogP contribution in [0.5, 0.6) is 5.88 Å². The largest absolute Gasteiger partial charge is 0.480 e. The Labute approximate surface area is 97.7 Å². The third-order valence-electron chi connectivity index (χ3n) is 1.77. The summed E-state index contributed by atoms with van der Waals surface area (Å²) in [7, 11) is -1.82. The lowest BCUT2D eigenvalue weighted by Crippen LogP contribution is -2.08. The van der Waals surface area contributed by atoms with E-state index < -0.39 is 9.84 Å². The van der Waals surface area contributed by atoms with Gasteiger partial charge in [-0.2, -0.15) is 0 Å². The van der Waals surface area contributed by atoms with Crippen LogP contribution in [0.1, 0.15) is 13.3 Å². The summed E-state index contributed by atoms with van der Waals surface area (Å²) in [4.78, 5) is 3.92. The number of methoxy groups -OCH3 is 1. The molecule has 0 aliphatic rings. The molecule has 0 aliphatic carbocycles. The van der Waals surface area contributed by atoms with Crippen LogP contribution in [0.15, 0.2) is 21.6 Å². The van der Waals surface area contributed by atoms with Crippen LogP contribution in [0.3, 0.4) is 0 Å². The minimum absolute atomic E-state index is 0.0596. The molecular weight excluding hydrogens is 282 g/mol. The van der Waals surface area contributed by atoms with Gasteiger partial charge < -0.3 is 4.74 Å². The number of sulfone groups is 1. The molecule has 0 radical (unpaired) electrons. The summed E-state index contributed by atoms with van der Waals surface area (Å²) in [5.41, 5.74) is 0. The van der Waals surface area contributed by atoms with Crippen LogP contribution in [0, 0.1) is 0 Å². The number of halogens is 1. The number of ether oxygens (including phenoxy) is 1. The van der Waals surface area contributed by atoms with E-state index in [0.717, 1.165) is 0 Å². The van der Waals surface area contributed by atoms with Crippen LogP contribution in [0.2, 0.25) is 0 Å². The molecule has 0 saturated heterocycles. The minimum atomic E-state index is -3.27. The summed E-state index contributed by atoms with van der Waals surface area (Å²) < 4.78 is 28.9. The quantitative estimate of drug-likeness (QED) is 0.852. The minimum Gasteiger partial charge on any atom is -0.480 e. The summed E-state index contributed by atoms with van der Waals surface area (Å²) in [5, 5.41) is 0.0596. The molecule has 84 valence electrons. The van der Waals surface area contributed by atoms with Gasteiger partial charge in [-0.15, -0.1) is 0 Å². The predicted octanol–water partition coefficient (Wildman–Crippen LogP) is 2.04. The highest BCUT2D eigenvalue weighted by molar-refractivity contribution is 9.10. The molecule has 1 rings (SSSR count). The summed E-state index contributed by atoms with van der Waals surface area (Å²) >= 11 is 3.21. The summed E-state index contributed by atoms with van der Waals surface area (Å²) in [6.45, 7) is 1.81. The second-order valence-electron chi connectivity index (χ2n) is 2.96. The van der Waals surface area contributed by atoms with Crippen molar-refractivity contribution in [3.63, 3.8) is 0 Å². The molecule has 0 aliphatic heterocycles. The van der Waals surface area contributed by atoms with E-state index in [1.807, 2.05) is 6.92 Å². The Morgan fingerprint density at radius 3 is 2.67 bits per heavy atom. The number of hydrogen-bond acceptors (Lipinski definition) is 4. The molecule has 0 atom stereocenters. The predicted molar refractivity (Wildman–Crippen MR) is 60.8 cm³/mol. The number of rotatable bonds is 4. The van der Waals surface area contributed by atoms with Crippen molar-refractivity contribution in [2.24, 2.45) is 0 Å². The number of pyridine rings is 1. The van der Waals surface area contributed by atoms with E-state index in [-0.39, 0.29) is 16.7 Å². The third-order valence-corrected chi connectivity index (χ3v) is 4.19. The van der Waals surface area contributed by atoms with Crippen molar-refractivity contribution in [2.75, 3.05) is 12.9 Å². The van der Waals surface area contributed by atoms with E-state index in [0.29, 0.717) is 10.9 Å². The molecule has 0 amide bonds. The Kier molecular flexibility index (Phi) is 4.10. The second kappa shape index (κ2) is 4.94. The van der Waals surface area contributed by atoms with Gasteiger partial charge in [0, 0.05) is 0 Å². The summed E-state index contributed by atoms with van der Waals surface area (Å²) in [6, 6.07) is 3.09. The van der Waals surface area contributed by atoms with Gasteiger partial charge in [-0.25, -0.2) is 13.4 Å². The van der Waals surface area contributed by atoms with Crippen molar-refractivity contribution in [1.29, 1.82) is 0 Å². The Morgan fingerprint density at radius 1 is 1.47 bits per heavy atom. The Morgan fingerprint density at radius 2 is 2.13 bits per heavy atom. The van der Waals surface area contributed by atoms with E-state index in [9.17, 15) is 8.42 Å². The molecule has 1 aromatic rings. The molecule has 15 heavy (non-hydrogen) atoms. The Bertz CT molecular complexity index is 445. The first-order valence-electron chi connectivity index (χ1n) is 4.44. The zero-order chi connectivity index (χ0) is 11.5. The lowest BCUT2D eigenvalue weighted by molar-refractivity contribution is 0.391. The first kappa shape index (κ1) is 12.4. The molecule has 6 heteroatoms. The van der Waals surface area contributed by atoms with E-state index in [4.69, 9.17) is 4.74 Å². The molecule has 0 unspecified atom stereocenters. The van der Waals surface area contributed by atoms with E-state index in [1.165, 1.54) is 13.2 Å². The van der Waals surface area contributed by atoms with Crippen LogP contribution in [-0.2, 0) is 9.84 Å². The van der Waals surface area contributed by atoms with Gasteiger partial charge in [-0.3, -0.25) is 0 Å². The smallest absolute Gasteiger partial charge is 0.228 e. The monoisotopic (exact) mass is 293 g/mol. The molecule has 0 N–H and O–H groups in total. The molecule has 0 aromatic carbocycles. The van der Waals surface area contributed by atoms with E-state index in [2.05, 4.69) is 20.9 Å². The van der Waals surface area contributed by atoms with Gasteiger partial charge >= 0.3 is 0 Å². The number of hydrogen-bond donors (Lipinski definition) is 0. The molecule has 4 nitrogen and oxygen atoms in total. The lowest BCUT2D eigenvalue weighted by atomic mass is 10.5. The fraction of sp³-hybridized carbons (Fsp3) is 0.444. The van der Waals surface area contributed by atoms with Gasteiger partial charge in [0.1, 0.15) is 0 Å². The number of aromatic nitrogens is 1. The van der Waals surface area contributed by atoms with E-state index in [1.54, 1.807) is 6.07 Å². The van der Waals surface area contributed by atoms with Crippen LogP contribution in [-0.4, -0.2) is 26.3 Å². The van der Waals surface area contributed by atoms with Crippen LogP contribution >= 0.6 is 15.9 Å². The molecule has 0 saturated carbocycles. The zero-order valence-electron chi connectivity index (χ0n) is 8.53. The van der Waals surface area contributed by atoms with E-state index >= 15 is 0 Å². The summed E-state index contributed by atoms with van der Waals surface area (Å²) in [6.07, 6.45) is 0.572. The highest BCUT2D eigenvalue weighted by Gasteiger charge is 2.16. The van der Waals surface area contributed by atoms with Crippen molar-refractivity contribution in [3.8, 4) is 5.88 Å². The molecular formula is C9H12BrNO3S. The zero-order valence-corrected chi connectivity index (χ0v) is 10.9. The maximum Gasteiger partial charge on any atom is 0.228 e. The van der Waals surface area contributed by atoms with Gasteiger partial charge in [-0.1, -0.05) is 6.92 Å². The fourth-order valence-corrected chi connectivity index (χ4v) is 2.72. The topological polar surface area (TPSA) is 56.3 Å². The van der Waals surface area contributed by atoms with Crippen molar-refractivity contribution >= 4 is 25.8 Å². The van der Waals surface area contributed by atoms with Gasteiger partial charge in [0.25, 0.3) is 0 Å². The van der Waals surface area contributed by atoms with Crippen LogP contribution < -0.4 is 4.74 Å². The van der Waals surface area contributed by atoms with Gasteiger partial charge in [0.05, 0.1) is 17.3 Å². The SMILES string of the molecule is CCCS(=O)(=O)c1ccc(Br)c(OC)n1. The van der Waals surface area contributed by atoms with Crippen molar-refractivity contribution in [1.82, 2.24) is 4.98 Å². The average molecular weight is 294 g/mol. The third kappa shape index (κ3) is 2.92. The Hall–Kier alpha value is -0.620. The highest BCUT2D eigenvalue weighted by Crippen LogP contribution is 2.24.